The molecule has 0 spiro atoms. The molecule has 0 aliphatic carbocycles. The lowest BCUT2D eigenvalue weighted by molar-refractivity contribution is -0.146. The Morgan fingerprint density at radius 3 is 3.07 bits per heavy atom. The molecule has 0 saturated carbocycles. The van der Waals surface area contributed by atoms with E-state index < -0.39 is 18.2 Å². The van der Waals surface area contributed by atoms with E-state index >= 15 is 0 Å². The molecule has 3 heterocycles. The summed E-state index contributed by atoms with van der Waals surface area (Å²) in [7, 11) is 0. The molecular formula is C18H17BrClFN4O2. The van der Waals surface area contributed by atoms with Crippen LogP contribution in [0.4, 0.5) is 4.39 Å². The van der Waals surface area contributed by atoms with E-state index in [2.05, 4.69) is 26.0 Å². The molecule has 3 aromatic rings. The molecule has 1 aromatic carbocycles. The van der Waals surface area contributed by atoms with Crippen molar-refractivity contribution in [2.45, 2.75) is 39.0 Å². The Kier molecular flexibility index (Phi) is 4.71. The second-order valence-electron chi connectivity index (χ2n) is 6.52. The molecule has 0 amide bonds. The first-order valence-electron chi connectivity index (χ1n) is 8.58. The number of carbonyl (C=O) groups is 1. The standard InChI is InChI=1S/C18H17BrClFN4O2/c1-3-27-18(26)17(16-14-4-10(21)6-24(14)8-22-16)25-7-11-13(20)5-12(19)9(2)15(11)23-25/h5,7-8,10,17H,3-4,6H2,1-2H3/t10-,17?/m1/s1. The number of carbonyl (C=O) groups excluding carboxylic acids is 1. The van der Waals surface area contributed by atoms with Crippen molar-refractivity contribution in [2.24, 2.45) is 0 Å². The van der Waals surface area contributed by atoms with Crippen LogP contribution < -0.4 is 0 Å². The van der Waals surface area contributed by atoms with Gasteiger partial charge in [-0.25, -0.2) is 14.2 Å². The van der Waals surface area contributed by atoms with Gasteiger partial charge in [0.1, 0.15) is 6.17 Å². The van der Waals surface area contributed by atoms with Gasteiger partial charge >= 0.3 is 5.97 Å². The lowest BCUT2D eigenvalue weighted by atomic mass is 10.1. The lowest BCUT2D eigenvalue weighted by Gasteiger charge is -2.15. The Morgan fingerprint density at radius 1 is 1.56 bits per heavy atom. The average Bonchev–Trinajstić information content (AvgIpc) is 3.29. The number of rotatable bonds is 4. The maximum atomic E-state index is 13.9. The summed E-state index contributed by atoms with van der Waals surface area (Å²) >= 11 is 9.83. The van der Waals surface area contributed by atoms with Crippen molar-refractivity contribution in [3.63, 3.8) is 0 Å². The predicted octanol–water partition coefficient (Wildman–Crippen LogP) is 4.00. The van der Waals surface area contributed by atoms with E-state index in [9.17, 15) is 9.18 Å². The highest BCUT2D eigenvalue weighted by molar-refractivity contribution is 9.10. The monoisotopic (exact) mass is 454 g/mol. The number of aryl methyl sites for hydroxylation is 1. The first kappa shape index (κ1) is 18.4. The molecule has 1 aliphatic heterocycles. The highest BCUT2D eigenvalue weighted by Crippen LogP contribution is 2.34. The second kappa shape index (κ2) is 6.91. The van der Waals surface area contributed by atoms with Gasteiger partial charge in [0.05, 0.1) is 35.7 Å². The molecule has 2 atom stereocenters. The number of halogens is 3. The smallest absolute Gasteiger partial charge is 0.337 e. The largest absolute Gasteiger partial charge is 0.464 e. The van der Waals surface area contributed by atoms with Crippen LogP contribution in [-0.4, -0.2) is 38.1 Å². The van der Waals surface area contributed by atoms with E-state index in [0.29, 0.717) is 21.9 Å². The Morgan fingerprint density at radius 2 is 2.33 bits per heavy atom. The van der Waals surface area contributed by atoms with Crippen molar-refractivity contribution in [3.05, 3.63) is 45.0 Å². The zero-order chi connectivity index (χ0) is 19.3. The minimum atomic E-state index is -0.978. The summed E-state index contributed by atoms with van der Waals surface area (Å²) in [5.74, 6) is -0.484. The highest BCUT2D eigenvalue weighted by Gasteiger charge is 2.35. The molecule has 0 N–H and O–H groups in total. The van der Waals surface area contributed by atoms with Gasteiger partial charge in [-0.3, -0.25) is 4.68 Å². The maximum Gasteiger partial charge on any atom is 0.337 e. The van der Waals surface area contributed by atoms with Crippen molar-refractivity contribution in [3.8, 4) is 0 Å². The van der Waals surface area contributed by atoms with E-state index in [1.54, 1.807) is 30.1 Å². The molecule has 9 heteroatoms. The number of benzene rings is 1. The summed E-state index contributed by atoms with van der Waals surface area (Å²) in [6.07, 6.45) is 2.52. The zero-order valence-corrected chi connectivity index (χ0v) is 17.1. The number of aromatic nitrogens is 4. The highest BCUT2D eigenvalue weighted by atomic mass is 79.9. The second-order valence-corrected chi connectivity index (χ2v) is 7.78. The number of ether oxygens (including phenoxy) is 1. The molecular weight excluding hydrogens is 439 g/mol. The molecule has 0 radical (unpaired) electrons. The molecule has 4 rings (SSSR count). The van der Waals surface area contributed by atoms with Gasteiger partial charge in [0.15, 0.2) is 6.04 Å². The minimum Gasteiger partial charge on any atom is -0.464 e. The average molecular weight is 456 g/mol. The van der Waals surface area contributed by atoms with Crippen LogP contribution in [0.25, 0.3) is 10.9 Å². The Balaban J connectivity index is 1.88. The third-order valence-corrected chi connectivity index (χ3v) is 5.91. The molecule has 2 aromatic heterocycles. The fourth-order valence-corrected chi connectivity index (χ4v) is 4.27. The van der Waals surface area contributed by atoms with Crippen LogP contribution in [0.3, 0.4) is 0 Å². The third kappa shape index (κ3) is 3.04. The molecule has 1 aliphatic rings. The number of nitrogens with zero attached hydrogens (tertiary/aromatic N) is 4. The summed E-state index contributed by atoms with van der Waals surface area (Å²) < 4.78 is 23.2. The lowest BCUT2D eigenvalue weighted by Crippen LogP contribution is -2.25. The van der Waals surface area contributed by atoms with Crippen LogP contribution >= 0.6 is 27.5 Å². The Bertz CT molecular complexity index is 1050. The number of alkyl halides is 1. The van der Waals surface area contributed by atoms with Crippen LogP contribution in [0.2, 0.25) is 5.02 Å². The molecule has 0 fully saturated rings. The number of fused-ring (bicyclic) bond motifs is 2. The Hall–Kier alpha value is -1.93. The molecule has 0 saturated heterocycles. The van der Waals surface area contributed by atoms with Gasteiger partial charge in [0.2, 0.25) is 0 Å². The van der Waals surface area contributed by atoms with Gasteiger partial charge in [0, 0.05) is 28.2 Å². The first-order valence-corrected chi connectivity index (χ1v) is 9.75. The summed E-state index contributed by atoms with van der Waals surface area (Å²) in [5, 5.41) is 5.85. The molecule has 6 nitrogen and oxygen atoms in total. The topological polar surface area (TPSA) is 61.9 Å². The third-order valence-electron chi connectivity index (χ3n) is 4.78. The number of imidazole rings is 1. The number of hydrogen-bond donors (Lipinski definition) is 0. The van der Waals surface area contributed by atoms with Gasteiger partial charge in [0.25, 0.3) is 0 Å². The van der Waals surface area contributed by atoms with Crippen LogP contribution in [0.1, 0.15) is 29.9 Å². The van der Waals surface area contributed by atoms with E-state index in [4.69, 9.17) is 16.3 Å². The number of esters is 1. The van der Waals surface area contributed by atoms with Gasteiger partial charge in [-0.1, -0.05) is 27.5 Å². The fraction of sp³-hybridized carbons (Fsp3) is 0.389. The molecule has 142 valence electrons. The van der Waals surface area contributed by atoms with E-state index in [1.165, 1.54) is 4.68 Å². The van der Waals surface area contributed by atoms with Gasteiger partial charge in [-0.15, -0.1) is 0 Å². The van der Waals surface area contributed by atoms with Crippen LogP contribution in [0, 0.1) is 6.92 Å². The minimum absolute atomic E-state index is 0.220. The van der Waals surface area contributed by atoms with Crippen molar-refractivity contribution >= 4 is 44.4 Å². The molecule has 27 heavy (non-hydrogen) atoms. The van der Waals surface area contributed by atoms with Crippen molar-refractivity contribution in [1.29, 1.82) is 0 Å². The van der Waals surface area contributed by atoms with Crippen molar-refractivity contribution in [2.75, 3.05) is 6.61 Å². The predicted molar refractivity (Wildman–Crippen MR) is 103 cm³/mol. The van der Waals surface area contributed by atoms with Gasteiger partial charge in [-0.05, 0) is 25.5 Å². The van der Waals surface area contributed by atoms with Crippen LogP contribution in [-0.2, 0) is 22.5 Å². The van der Waals surface area contributed by atoms with E-state index in [1.807, 2.05) is 6.92 Å². The van der Waals surface area contributed by atoms with Crippen LogP contribution in [0.15, 0.2) is 23.1 Å². The maximum absolute atomic E-state index is 13.9. The van der Waals surface area contributed by atoms with Gasteiger partial charge < -0.3 is 9.30 Å². The SMILES string of the molecule is CCOC(=O)C(c1ncn2c1C[C@@H](F)C2)n1cc2c(Cl)cc(Br)c(C)c2n1. The van der Waals surface area contributed by atoms with Crippen molar-refractivity contribution < 1.29 is 13.9 Å². The van der Waals surface area contributed by atoms with E-state index in [0.717, 1.165) is 15.4 Å². The van der Waals surface area contributed by atoms with Crippen molar-refractivity contribution in [1.82, 2.24) is 19.3 Å². The Labute approximate surface area is 168 Å². The quantitative estimate of drug-likeness (QED) is 0.558. The zero-order valence-electron chi connectivity index (χ0n) is 14.7. The van der Waals surface area contributed by atoms with Gasteiger partial charge in [-0.2, -0.15) is 5.10 Å². The first-order chi connectivity index (χ1) is 12.9. The molecule has 1 unspecified atom stereocenters. The summed E-state index contributed by atoms with van der Waals surface area (Å²) in [5.41, 5.74) is 2.76. The summed E-state index contributed by atoms with van der Waals surface area (Å²) in [4.78, 5) is 17.1. The normalized spacial score (nSPS) is 17.3. The van der Waals surface area contributed by atoms with Crippen LogP contribution in [0.5, 0.6) is 0 Å². The fourth-order valence-electron chi connectivity index (χ4n) is 3.47. The summed E-state index contributed by atoms with van der Waals surface area (Å²) in [6.45, 7) is 4.13. The van der Waals surface area contributed by atoms with E-state index in [-0.39, 0.29) is 19.6 Å². The molecule has 0 bridgehead atoms. The number of hydrogen-bond acceptors (Lipinski definition) is 4. The summed E-state index contributed by atoms with van der Waals surface area (Å²) in [6, 6.07) is 0.903.